The highest BCUT2D eigenvalue weighted by Crippen LogP contribution is 2.06. The zero-order chi connectivity index (χ0) is 11.4. The summed E-state index contributed by atoms with van der Waals surface area (Å²) >= 11 is 0. The molecule has 2 rings (SSSR count). The Morgan fingerprint density at radius 3 is 2.75 bits per heavy atom. The molecule has 1 aromatic carbocycles. The standard InChI is InChI=1S/C12H12N2O2/c1-9(15)7-12-13-11(14-16-12)8-10-5-3-2-4-6-10/h2-6H,7-8H2,1H3. The predicted molar refractivity (Wildman–Crippen MR) is 57.9 cm³/mol. The molecule has 16 heavy (non-hydrogen) atoms. The molecule has 1 aromatic heterocycles. The first-order valence-corrected chi connectivity index (χ1v) is 5.09. The molecule has 4 heteroatoms. The second kappa shape index (κ2) is 4.70. The first-order chi connectivity index (χ1) is 7.74. The van der Waals surface area contributed by atoms with Crippen LogP contribution in [0.25, 0.3) is 0 Å². The van der Waals surface area contributed by atoms with Gasteiger partial charge in [0.15, 0.2) is 5.82 Å². The highest BCUT2D eigenvalue weighted by molar-refractivity contribution is 5.77. The van der Waals surface area contributed by atoms with E-state index in [1.165, 1.54) is 6.92 Å². The van der Waals surface area contributed by atoms with Gasteiger partial charge in [-0.25, -0.2) is 0 Å². The van der Waals surface area contributed by atoms with E-state index in [0.717, 1.165) is 5.56 Å². The van der Waals surface area contributed by atoms with Crippen LogP contribution < -0.4 is 0 Å². The van der Waals surface area contributed by atoms with Crippen molar-refractivity contribution in [1.29, 1.82) is 0 Å². The predicted octanol–water partition coefficient (Wildman–Crippen LogP) is 1.79. The molecule has 0 aliphatic rings. The fourth-order valence-electron chi connectivity index (χ4n) is 1.43. The minimum absolute atomic E-state index is 0.0231. The lowest BCUT2D eigenvalue weighted by Crippen LogP contribution is -1.97. The average Bonchev–Trinajstić information content (AvgIpc) is 2.66. The van der Waals surface area contributed by atoms with Gasteiger partial charge < -0.3 is 4.52 Å². The van der Waals surface area contributed by atoms with Gasteiger partial charge in [-0.3, -0.25) is 4.79 Å². The fraction of sp³-hybridized carbons (Fsp3) is 0.250. The van der Waals surface area contributed by atoms with E-state index < -0.39 is 0 Å². The Morgan fingerprint density at radius 2 is 2.06 bits per heavy atom. The molecule has 0 amide bonds. The van der Waals surface area contributed by atoms with Crippen LogP contribution >= 0.6 is 0 Å². The van der Waals surface area contributed by atoms with Crippen LogP contribution in [-0.2, 0) is 17.6 Å². The zero-order valence-electron chi connectivity index (χ0n) is 9.01. The summed E-state index contributed by atoms with van der Waals surface area (Å²) < 4.78 is 4.97. The van der Waals surface area contributed by atoms with Crippen molar-refractivity contribution in [2.24, 2.45) is 0 Å². The van der Waals surface area contributed by atoms with Gasteiger partial charge in [0.25, 0.3) is 0 Å². The maximum Gasteiger partial charge on any atom is 0.234 e. The Hall–Kier alpha value is -1.97. The van der Waals surface area contributed by atoms with Gasteiger partial charge in [0.2, 0.25) is 5.89 Å². The van der Waals surface area contributed by atoms with E-state index in [0.29, 0.717) is 18.1 Å². The van der Waals surface area contributed by atoms with Crippen molar-refractivity contribution in [3.8, 4) is 0 Å². The molecule has 0 atom stereocenters. The lowest BCUT2D eigenvalue weighted by atomic mass is 10.1. The molecule has 0 radical (unpaired) electrons. The van der Waals surface area contributed by atoms with Crippen molar-refractivity contribution in [3.63, 3.8) is 0 Å². The first kappa shape index (κ1) is 10.5. The second-order valence-corrected chi connectivity index (χ2v) is 3.65. The minimum Gasteiger partial charge on any atom is -0.339 e. The molecule has 0 fully saturated rings. The van der Waals surface area contributed by atoms with E-state index in [-0.39, 0.29) is 12.2 Å². The molecular formula is C12H12N2O2. The molecule has 0 spiro atoms. The van der Waals surface area contributed by atoms with Crippen LogP contribution in [0.1, 0.15) is 24.2 Å². The van der Waals surface area contributed by atoms with Crippen LogP contribution in [0.5, 0.6) is 0 Å². The molecular weight excluding hydrogens is 204 g/mol. The Bertz CT molecular complexity index is 477. The summed E-state index contributed by atoms with van der Waals surface area (Å²) in [7, 11) is 0. The van der Waals surface area contributed by atoms with E-state index in [1.54, 1.807) is 0 Å². The van der Waals surface area contributed by atoms with E-state index in [4.69, 9.17) is 4.52 Å². The number of Topliss-reactive ketones (excluding diaryl/α,β-unsaturated/α-hetero) is 1. The Balaban J connectivity index is 2.06. The number of aromatic nitrogens is 2. The van der Waals surface area contributed by atoms with Crippen molar-refractivity contribution in [3.05, 3.63) is 47.6 Å². The quantitative estimate of drug-likeness (QED) is 0.781. The molecule has 0 bridgehead atoms. The summed E-state index contributed by atoms with van der Waals surface area (Å²) in [6.45, 7) is 1.50. The zero-order valence-corrected chi connectivity index (χ0v) is 9.01. The molecule has 2 aromatic rings. The van der Waals surface area contributed by atoms with Gasteiger partial charge in [0, 0.05) is 6.42 Å². The van der Waals surface area contributed by atoms with Crippen LogP contribution in [0.15, 0.2) is 34.9 Å². The SMILES string of the molecule is CC(=O)Cc1nc(Cc2ccccc2)no1. The first-order valence-electron chi connectivity index (χ1n) is 5.09. The Kier molecular flexibility index (Phi) is 3.10. The summed E-state index contributed by atoms with van der Waals surface area (Å²) in [6, 6.07) is 9.89. The van der Waals surface area contributed by atoms with Gasteiger partial charge in [-0.15, -0.1) is 0 Å². The summed E-state index contributed by atoms with van der Waals surface area (Å²) in [5, 5.41) is 3.83. The number of carbonyl (C=O) groups excluding carboxylic acids is 1. The van der Waals surface area contributed by atoms with Crippen molar-refractivity contribution in [2.75, 3.05) is 0 Å². The summed E-state index contributed by atoms with van der Waals surface area (Å²) in [5.74, 6) is 1.02. The van der Waals surface area contributed by atoms with Crippen LogP contribution in [0.4, 0.5) is 0 Å². The lowest BCUT2D eigenvalue weighted by Gasteiger charge is -1.93. The van der Waals surface area contributed by atoms with Gasteiger partial charge in [-0.2, -0.15) is 4.98 Å². The highest BCUT2D eigenvalue weighted by Gasteiger charge is 2.08. The van der Waals surface area contributed by atoms with Gasteiger partial charge in [0.05, 0.1) is 6.42 Å². The molecule has 0 saturated carbocycles. The van der Waals surface area contributed by atoms with Gasteiger partial charge in [-0.05, 0) is 12.5 Å². The molecule has 1 heterocycles. The van der Waals surface area contributed by atoms with Crippen molar-refractivity contribution >= 4 is 5.78 Å². The maximum absolute atomic E-state index is 10.9. The fourth-order valence-corrected chi connectivity index (χ4v) is 1.43. The molecule has 0 aliphatic heterocycles. The van der Waals surface area contributed by atoms with Crippen molar-refractivity contribution in [1.82, 2.24) is 10.1 Å². The monoisotopic (exact) mass is 216 g/mol. The van der Waals surface area contributed by atoms with Gasteiger partial charge in [0.1, 0.15) is 5.78 Å². The van der Waals surface area contributed by atoms with Crippen LogP contribution in [0.2, 0.25) is 0 Å². The summed E-state index contributed by atoms with van der Waals surface area (Å²) in [5.41, 5.74) is 1.12. The van der Waals surface area contributed by atoms with Crippen LogP contribution in [0.3, 0.4) is 0 Å². The molecule has 0 N–H and O–H groups in total. The van der Waals surface area contributed by atoms with Gasteiger partial charge >= 0.3 is 0 Å². The van der Waals surface area contributed by atoms with E-state index in [1.807, 2.05) is 30.3 Å². The number of benzene rings is 1. The minimum atomic E-state index is 0.0231. The van der Waals surface area contributed by atoms with Crippen molar-refractivity contribution in [2.45, 2.75) is 19.8 Å². The van der Waals surface area contributed by atoms with Crippen LogP contribution in [0, 0.1) is 0 Å². The van der Waals surface area contributed by atoms with E-state index in [9.17, 15) is 4.79 Å². The molecule has 0 unspecified atom stereocenters. The normalized spacial score (nSPS) is 10.3. The smallest absolute Gasteiger partial charge is 0.234 e. The second-order valence-electron chi connectivity index (χ2n) is 3.65. The topological polar surface area (TPSA) is 56.0 Å². The highest BCUT2D eigenvalue weighted by atomic mass is 16.5. The third kappa shape index (κ3) is 2.76. The Labute approximate surface area is 93.3 Å². The van der Waals surface area contributed by atoms with Gasteiger partial charge in [-0.1, -0.05) is 35.5 Å². The number of carbonyl (C=O) groups is 1. The van der Waals surface area contributed by atoms with E-state index in [2.05, 4.69) is 10.1 Å². The van der Waals surface area contributed by atoms with E-state index >= 15 is 0 Å². The molecule has 0 aliphatic carbocycles. The maximum atomic E-state index is 10.9. The Morgan fingerprint density at radius 1 is 1.31 bits per heavy atom. The number of ketones is 1. The third-order valence-electron chi connectivity index (χ3n) is 2.12. The number of hydrogen-bond acceptors (Lipinski definition) is 4. The number of rotatable bonds is 4. The number of nitrogens with zero attached hydrogens (tertiary/aromatic N) is 2. The number of hydrogen-bond donors (Lipinski definition) is 0. The largest absolute Gasteiger partial charge is 0.339 e. The van der Waals surface area contributed by atoms with Crippen molar-refractivity contribution < 1.29 is 9.32 Å². The third-order valence-corrected chi connectivity index (χ3v) is 2.12. The lowest BCUT2D eigenvalue weighted by molar-refractivity contribution is -0.116. The average molecular weight is 216 g/mol. The molecule has 0 saturated heterocycles. The van der Waals surface area contributed by atoms with Crippen LogP contribution in [-0.4, -0.2) is 15.9 Å². The molecule has 82 valence electrons. The summed E-state index contributed by atoms with van der Waals surface area (Å²) in [6.07, 6.45) is 0.837. The molecule has 4 nitrogen and oxygen atoms in total. The summed E-state index contributed by atoms with van der Waals surface area (Å²) in [4.78, 5) is 15.0.